The van der Waals surface area contributed by atoms with E-state index in [1.54, 1.807) is 0 Å². The van der Waals surface area contributed by atoms with Gasteiger partial charge in [0.05, 0.1) is 6.61 Å². The first kappa shape index (κ1) is 14.3. The Kier molecular flexibility index (Phi) is 4.08. The minimum atomic E-state index is 0.0920. The van der Waals surface area contributed by atoms with Crippen molar-refractivity contribution in [3.05, 3.63) is 63.1 Å². The summed E-state index contributed by atoms with van der Waals surface area (Å²) >= 11 is 3.50. The average Bonchev–Trinajstić information content (AvgIpc) is 2.95. The Morgan fingerprint density at radius 1 is 1.24 bits per heavy atom. The monoisotopic (exact) mass is 345 g/mol. The van der Waals surface area contributed by atoms with Crippen LogP contribution < -0.4 is 10.5 Å². The zero-order chi connectivity index (χ0) is 14.8. The van der Waals surface area contributed by atoms with Gasteiger partial charge in [-0.3, -0.25) is 4.79 Å². The summed E-state index contributed by atoms with van der Waals surface area (Å²) < 4.78 is 6.66. The van der Waals surface area contributed by atoms with Crippen molar-refractivity contribution in [1.29, 1.82) is 0 Å². The van der Waals surface area contributed by atoms with Gasteiger partial charge >= 0.3 is 0 Å². The summed E-state index contributed by atoms with van der Waals surface area (Å²) in [5.74, 6) is 0.972. The molecular weight excluding hydrogens is 330 g/mol. The number of nitrogens with two attached hydrogens (primary N) is 1. The molecule has 0 fully saturated rings. The van der Waals surface area contributed by atoms with Crippen LogP contribution in [0.15, 0.2) is 40.9 Å². The van der Waals surface area contributed by atoms with Crippen LogP contribution in [0.5, 0.6) is 5.75 Å². The van der Waals surface area contributed by atoms with E-state index in [4.69, 9.17) is 10.5 Å². The van der Waals surface area contributed by atoms with Crippen LogP contribution in [-0.4, -0.2) is 12.4 Å². The SMILES string of the molecule is NCc1ccc(C(=O)Cc2cc(Br)cc3c2OCC3)cc1. The molecule has 0 aliphatic carbocycles. The van der Waals surface area contributed by atoms with Crippen LogP contribution in [0.1, 0.15) is 27.0 Å². The number of benzene rings is 2. The first-order chi connectivity index (χ1) is 10.2. The van der Waals surface area contributed by atoms with Crippen molar-refractivity contribution in [2.24, 2.45) is 5.73 Å². The normalized spacial score (nSPS) is 12.9. The minimum absolute atomic E-state index is 0.0920. The number of Topliss-reactive ketones (excluding diaryl/α,β-unsaturated/α-hetero) is 1. The van der Waals surface area contributed by atoms with E-state index in [2.05, 4.69) is 22.0 Å². The number of fused-ring (bicyclic) bond motifs is 1. The molecule has 4 heteroatoms. The summed E-state index contributed by atoms with van der Waals surface area (Å²) in [7, 11) is 0. The summed E-state index contributed by atoms with van der Waals surface area (Å²) in [6, 6.07) is 11.5. The van der Waals surface area contributed by atoms with Gasteiger partial charge in [-0.25, -0.2) is 0 Å². The van der Waals surface area contributed by atoms with Crippen LogP contribution in [0.3, 0.4) is 0 Å². The number of ether oxygens (including phenoxy) is 1. The first-order valence-corrected chi connectivity index (χ1v) is 7.73. The molecule has 2 N–H and O–H groups in total. The van der Waals surface area contributed by atoms with E-state index in [0.717, 1.165) is 27.8 Å². The minimum Gasteiger partial charge on any atom is -0.493 e. The number of carbonyl (C=O) groups excluding carboxylic acids is 1. The molecule has 0 bridgehead atoms. The molecule has 0 amide bonds. The summed E-state index contributed by atoms with van der Waals surface area (Å²) in [6.45, 7) is 1.18. The third kappa shape index (κ3) is 3.01. The molecule has 1 heterocycles. The molecule has 0 atom stereocenters. The van der Waals surface area contributed by atoms with Crippen LogP contribution in [0.2, 0.25) is 0 Å². The fourth-order valence-electron chi connectivity index (χ4n) is 2.58. The third-order valence-electron chi connectivity index (χ3n) is 3.69. The van der Waals surface area contributed by atoms with Gasteiger partial charge in [-0.2, -0.15) is 0 Å². The van der Waals surface area contributed by atoms with Gasteiger partial charge in [-0.05, 0) is 23.3 Å². The number of ketones is 1. The Bertz CT molecular complexity index is 680. The second kappa shape index (κ2) is 6.00. The fourth-order valence-corrected chi connectivity index (χ4v) is 3.13. The molecular formula is C17H16BrNO2. The van der Waals surface area contributed by atoms with E-state index in [1.807, 2.05) is 30.3 Å². The van der Waals surface area contributed by atoms with Crippen LogP contribution >= 0.6 is 15.9 Å². The second-order valence-electron chi connectivity index (χ2n) is 5.15. The average molecular weight is 346 g/mol. The van der Waals surface area contributed by atoms with E-state index in [0.29, 0.717) is 25.1 Å². The molecule has 0 radical (unpaired) electrons. The van der Waals surface area contributed by atoms with Crippen LogP contribution in [0.4, 0.5) is 0 Å². The molecule has 3 nitrogen and oxygen atoms in total. The smallest absolute Gasteiger partial charge is 0.167 e. The van der Waals surface area contributed by atoms with Gasteiger partial charge in [-0.1, -0.05) is 40.2 Å². The van der Waals surface area contributed by atoms with Gasteiger partial charge in [0.1, 0.15) is 5.75 Å². The fraction of sp³-hybridized carbons (Fsp3) is 0.235. The maximum absolute atomic E-state index is 12.4. The maximum Gasteiger partial charge on any atom is 0.167 e. The highest BCUT2D eigenvalue weighted by molar-refractivity contribution is 9.10. The van der Waals surface area contributed by atoms with E-state index >= 15 is 0 Å². The molecule has 0 unspecified atom stereocenters. The van der Waals surface area contributed by atoms with Crippen LogP contribution in [-0.2, 0) is 19.4 Å². The predicted molar refractivity (Wildman–Crippen MR) is 85.7 cm³/mol. The van der Waals surface area contributed by atoms with Crippen LogP contribution in [0, 0.1) is 0 Å². The number of hydrogen-bond acceptors (Lipinski definition) is 3. The topological polar surface area (TPSA) is 52.3 Å². The second-order valence-corrected chi connectivity index (χ2v) is 6.07. The van der Waals surface area contributed by atoms with Gasteiger partial charge in [-0.15, -0.1) is 0 Å². The Morgan fingerprint density at radius 3 is 2.71 bits per heavy atom. The van der Waals surface area contributed by atoms with Crippen molar-refractivity contribution in [3.63, 3.8) is 0 Å². The zero-order valence-electron chi connectivity index (χ0n) is 11.6. The van der Waals surface area contributed by atoms with Crippen molar-refractivity contribution in [3.8, 4) is 5.75 Å². The highest BCUT2D eigenvalue weighted by Crippen LogP contribution is 2.33. The predicted octanol–water partition coefficient (Wildman–Crippen LogP) is 3.27. The Balaban J connectivity index is 1.84. The van der Waals surface area contributed by atoms with Gasteiger partial charge < -0.3 is 10.5 Å². The van der Waals surface area contributed by atoms with Crippen molar-refractivity contribution < 1.29 is 9.53 Å². The molecule has 2 aromatic carbocycles. The summed E-state index contributed by atoms with van der Waals surface area (Å²) in [4.78, 5) is 12.4. The third-order valence-corrected chi connectivity index (χ3v) is 4.15. The van der Waals surface area contributed by atoms with Crippen LogP contribution in [0.25, 0.3) is 0 Å². The molecule has 3 rings (SSSR count). The molecule has 2 aromatic rings. The Labute approximate surface area is 132 Å². The van der Waals surface area contributed by atoms with E-state index in [9.17, 15) is 4.79 Å². The van der Waals surface area contributed by atoms with Gasteiger partial charge in [0.15, 0.2) is 5.78 Å². The number of hydrogen-bond donors (Lipinski definition) is 1. The lowest BCUT2D eigenvalue weighted by Gasteiger charge is -2.09. The molecule has 0 aromatic heterocycles. The summed E-state index contributed by atoms with van der Waals surface area (Å²) in [5, 5.41) is 0. The zero-order valence-corrected chi connectivity index (χ0v) is 13.2. The highest BCUT2D eigenvalue weighted by atomic mass is 79.9. The largest absolute Gasteiger partial charge is 0.493 e. The molecule has 21 heavy (non-hydrogen) atoms. The van der Waals surface area contributed by atoms with Gasteiger partial charge in [0.2, 0.25) is 0 Å². The molecule has 1 aliphatic heterocycles. The quantitative estimate of drug-likeness (QED) is 0.865. The van der Waals surface area contributed by atoms with Crippen molar-refractivity contribution in [2.45, 2.75) is 19.4 Å². The van der Waals surface area contributed by atoms with Crippen molar-refractivity contribution in [1.82, 2.24) is 0 Å². The Morgan fingerprint density at radius 2 is 2.00 bits per heavy atom. The van der Waals surface area contributed by atoms with Crippen molar-refractivity contribution >= 4 is 21.7 Å². The number of rotatable bonds is 4. The molecule has 108 valence electrons. The highest BCUT2D eigenvalue weighted by Gasteiger charge is 2.19. The Hall–Kier alpha value is -1.65. The van der Waals surface area contributed by atoms with Crippen molar-refractivity contribution in [2.75, 3.05) is 6.61 Å². The van der Waals surface area contributed by atoms with Gasteiger partial charge in [0, 0.05) is 35.0 Å². The molecule has 0 saturated heterocycles. The number of carbonyl (C=O) groups is 1. The van der Waals surface area contributed by atoms with E-state index in [-0.39, 0.29) is 5.78 Å². The standard InChI is InChI=1S/C17H16BrNO2/c18-15-7-13-5-6-21-17(13)14(8-15)9-16(20)12-3-1-11(10-19)2-4-12/h1-4,7-8H,5-6,9-10,19H2. The van der Waals surface area contributed by atoms with Gasteiger partial charge in [0.25, 0.3) is 0 Å². The lowest BCUT2D eigenvalue weighted by Crippen LogP contribution is -2.06. The lowest BCUT2D eigenvalue weighted by atomic mass is 9.99. The van der Waals surface area contributed by atoms with E-state index in [1.165, 1.54) is 5.56 Å². The maximum atomic E-state index is 12.4. The summed E-state index contributed by atoms with van der Waals surface area (Å²) in [5.41, 5.74) is 9.43. The first-order valence-electron chi connectivity index (χ1n) is 6.93. The molecule has 1 aliphatic rings. The molecule has 0 saturated carbocycles. The summed E-state index contributed by atoms with van der Waals surface area (Å²) in [6.07, 6.45) is 1.25. The molecule has 0 spiro atoms. The van der Waals surface area contributed by atoms with E-state index < -0.39 is 0 Å². The number of halogens is 1. The lowest BCUT2D eigenvalue weighted by molar-refractivity contribution is 0.0992.